The molecule has 214 valence electrons. The van der Waals surface area contributed by atoms with Gasteiger partial charge in [0.15, 0.2) is 0 Å². The van der Waals surface area contributed by atoms with E-state index >= 15 is 0 Å². The van der Waals surface area contributed by atoms with Crippen LogP contribution in [0.2, 0.25) is 0 Å². The summed E-state index contributed by atoms with van der Waals surface area (Å²) in [7, 11) is 4.01. The number of para-hydroxylation sites is 1. The third-order valence-electron chi connectivity index (χ3n) is 7.78. The number of anilines is 3. The minimum atomic E-state index is -0.439. The Morgan fingerprint density at radius 1 is 0.795 bits per heavy atom. The molecule has 0 amide bonds. The molecule has 0 unspecified atom stereocenters. The first-order valence-corrected chi connectivity index (χ1v) is 16.4. The SMILES string of the molecule is CN(C)c1ccccc1[PH+](C1CCCCC1)C1CCCCC1.FSOc1ccc(Nc2cc[c-]cc2)cc1.[Au+]. The summed E-state index contributed by atoms with van der Waals surface area (Å²) in [5.74, 6) is 0.486. The number of nitrogens with zero attached hydrogens (tertiary/aromatic N) is 1. The summed E-state index contributed by atoms with van der Waals surface area (Å²) < 4.78 is 16.4. The van der Waals surface area contributed by atoms with Crippen LogP contribution in [-0.4, -0.2) is 25.4 Å². The van der Waals surface area contributed by atoms with Crippen molar-refractivity contribution in [2.75, 3.05) is 24.3 Å². The van der Waals surface area contributed by atoms with Crippen LogP contribution in [0.5, 0.6) is 5.75 Å². The van der Waals surface area contributed by atoms with Gasteiger partial charge < -0.3 is 14.4 Å². The maximum absolute atomic E-state index is 11.8. The molecular weight excluding hydrogens is 707 g/mol. The van der Waals surface area contributed by atoms with Crippen LogP contribution in [0.3, 0.4) is 0 Å². The molecule has 0 aliphatic heterocycles. The van der Waals surface area contributed by atoms with Crippen LogP contribution >= 0.6 is 20.4 Å². The Hall–Kier alpha value is -1.49. The Morgan fingerprint density at radius 2 is 1.33 bits per heavy atom. The van der Waals surface area contributed by atoms with Gasteiger partial charge in [-0.1, -0.05) is 30.7 Å². The third kappa shape index (κ3) is 9.83. The predicted octanol–water partition coefficient (Wildman–Crippen LogP) is 9.40. The molecule has 3 nitrogen and oxygen atoms in total. The molecule has 3 aromatic carbocycles. The van der Waals surface area contributed by atoms with E-state index in [1.54, 1.807) is 17.4 Å². The Bertz CT molecular complexity index is 1060. The number of nitrogens with one attached hydrogen (secondary N) is 1. The van der Waals surface area contributed by atoms with Crippen molar-refractivity contribution >= 4 is 42.7 Å². The molecule has 5 rings (SSSR count). The topological polar surface area (TPSA) is 24.5 Å². The second-order valence-corrected chi connectivity index (χ2v) is 14.0. The fourth-order valence-corrected chi connectivity index (χ4v) is 10.7. The van der Waals surface area contributed by atoms with E-state index in [1.807, 2.05) is 36.4 Å². The molecule has 39 heavy (non-hydrogen) atoms. The van der Waals surface area contributed by atoms with E-state index < -0.39 is 7.92 Å². The van der Waals surface area contributed by atoms with Gasteiger partial charge in [-0.25, -0.2) is 0 Å². The van der Waals surface area contributed by atoms with Crippen molar-refractivity contribution in [2.24, 2.45) is 0 Å². The molecule has 7 heteroatoms. The predicted molar refractivity (Wildman–Crippen MR) is 167 cm³/mol. The Morgan fingerprint density at radius 3 is 1.87 bits per heavy atom. The summed E-state index contributed by atoms with van der Waals surface area (Å²) in [6.45, 7) is 0. The monoisotopic (exact) mass is 749 g/mol. The van der Waals surface area contributed by atoms with Crippen molar-refractivity contribution in [3.05, 3.63) is 78.9 Å². The molecule has 0 aromatic heterocycles. The zero-order chi connectivity index (χ0) is 26.6. The van der Waals surface area contributed by atoms with Gasteiger partial charge in [0.1, 0.15) is 11.1 Å². The summed E-state index contributed by atoms with van der Waals surface area (Å²) >= 11 is -0.160. The molecule has 2 aliphatic rings. The Balaban J connectivity index is 0.000000220. The Kier molecular flexibility index (Phi) is 14.3. The minimum Gasteiger partial charge on any atom is -0.397 e. The van der Waals surface area contributed by atoms with Crippen LogP contribution in [-0.2, 0) is 22.4 Å². The van der Waals surface area contributed by atoms with Gasteiger partial charge in [-0.05, 0) is 87.8 Å². The molecule has 0 spiro atoms. The zero-order valence-corrected chi connectivity index (χ0v) is 27.1. The van der Waals surface area contributed by atoms with E-state index in [0.29, 0.717) is 5.75 Å². The maximum Gasteiger partial charge on any atom is 1.00 e. The first-order chi connectivity index (χ1) is 18.7. The van der Waals surface area contributed by atoms with Crippen molar-refractivity contribution in [3.8, 4) is 5.75 Å². The molecule has 2 fully saturated rings. The Labute approximate surface area is 256 Å². The molecule has 0 bridgehead atoms. The summed E-state index contributed by atoms with van der Waals surface area (Å²) in [4.78, 5) is 2.35. The van der Waals surface area contributed by atoms with E-state index in [9.17, 15) is 3.89 Å². The fraction of sp³-hybridized carbons (Fsp3) is 0.438. The van der Waals surface area contributed by atoms with Crippen LogP contribution in [0.1, 0.15) is 64.2 Å². The van der Waals surface area contributed by atoms with Crippen LogP contribution in [0.4, 0.5) is 20.9 Å². The molecule has 0 saturated heterocycles. The van der Waals surface area contributed by atoms with E-state index in [2.05, 4.69) is 58.8 Å². The standard InChI is InChI=1S/C20H32NP.C12H9FNOS.Au/c1-21(2)19-15-9-10-16-20(19)22(17-11-5-3-6-12-17)18-13-7-4-8-14-18;13-16-15-12-8-6-11(7-9-12)14-10-4-2-1-3-5-10;/h9-10,15-18H,3-8,11-14H2,1-2H3;2-9,14H;/q;-1;+1/p+1. The molecule has 0 atom stereocenters. The van der Waals surface area contributed by atoms with Gasteiger partial charge in [-0.2, -0.15) is 18.2 Å². The average molecular weight is 750 g/mol. The van der Waals surface area contributed by atoms with Gasteiger partial charge >= 0.3 is 22.4 Å². The molecular formula is C32H42AuFN2OPS+. The quantitative estimate of drug-likeness (QED) is 0.107. The summed E-state index contributed by atoms with van der Waals surface area (Å²) in [6, 6.07) is 26.8. The van der Waals surface area contributed by atoms with Crippen molar-refractivity contribution in [3.63, 3.8) is 0 Å². The molecule has 1 N–H and O–H groups in total. The third-order valence-corrected chi connectivity index (χ3v) is 12.0. The summed E-state index contributed by atoms with van der Waals surface area (Å²) in [5, 5.41) is 4.94. The summed E-state index contributed by atoms with van der Waals surface area (Å²) in [5.41, 5.74) is 5.47. The number of hydrogen-bond donors (Lipinski definition) is 1. The molecule has 2 aliphatic carbocycles. The first kappa shape index (κ1) is 32.0. The van der Waals surface area contributed by atoms with Crippen molar-refractivity contribution in [1.82, 2.24) is 0 Å². The smallest absolute Gasteiger partial charge is 0.397 e. The van der Waals surface area contributed by atoms with E-state index in [1.165, 1.54) is 69.9 Å². The minimum absolute atomic E-state index is 0. The molecule has 0 heterocycles. The number of hydrogen-bond acceptors (Lipinski definition) is 4. The van der Waals surface area contributed by atoms with Crippen LogP contribution in [0.25, 0.3) is 0 Å². The summed E-state index contributed by atoms with van der Waals surface area (Å²) in [6.07, 6.45) is 14.9. The maximum atomic E-state index is 11.8. The number of benzene rings is 3. The van der Waals surface area contributed by atoms with Gasteiger partial charge in [0, 0.05) is 27.7 Å². The van der Waals surface area contributed by atoms with E-state index in [0.717, 1.165) is 22.7 Å². The number of rotatable bonds is 8. The molecule has 0 radical (unpaired) electrons. The van der Waals surface area contributed by atoms with Gasteiger partial charge in [-0.15, -0.1) is 16.0 Å². The molecule has 3 aromatic rings. The van der Waals surface area contributed by atoms with Gasteiger partial charge in [-0.3, -0.25) is 0 Å². The van der Waals surface area contributed by atoms with Gasteiger partial charge in [0.2, 0.25) is 0 Å². The van der Waals surface area contributed by atoms with Crippen LogP contribution < -0.4 is 19.7 Å². The fourth-order valence-electron chi connectivity index (χ4n) is 5.98. The number of halogens is 1. The van der Waals surface area contributed by atoms with Crippen LogP contribution in [0.15, 0.2) is 72.8 Å². The van der Waals surface area contributed by atoms with Gasteiger partial charge in [0.05, 0.1) is 17.0 Å². The largest absolute Gasteiger partial charge is 1.00 e. The second kappa shape index (κ2) is 17.4. The molecule has 2 saturated carbocycles. The van der Waals surface area contributed by atoms with Crippen molar-refractivity contribution in [1.29, 1.82) is 0 Å². The van der Waals surface area contributed by atoms with Crippen LogP contribution in [0, 0.1) is 6.07 Å². The zero-order valence-electron chi connectivity index (χ0n) is 23.1. The average Bonchev–Trinajstić information content (AvgIpc) is 2.97. The van der Waals surface area contributed by atoms with E-state index in [4.69, 9.17) is 0 Å². The van der Waals surface area contributed by atoms with Gasteiger partial charge in [0.25, 0.3) is 12.4 Å². The van der Waals surface area contributed by atoms with E-state index in [-0.39, 0.29) is 34.8 Å². The van der Waals surface area contributed by atoms with Crippen molar-refractivity contribution < 1.29 is 30.4 Å². The normalized spacial score (nSPS) is 16.0. The first-order valence-electron chi connectivity index (χ1n) is 14.1. The van der Waals surface area contributed by atoms with Crippen molar-refractivity contribution in [2.45, 2.75) is 75.5 Å². The second-order valence-electron chi connectivity index (χ2n) is 10.6.